The number of hydrogen-bond acceptors (Lipinski definition) is 2. The molecule has 0 amide bonds. The van der Waals surface area contributed by atoms with Crippen LogP contribution in [0.5, 0.6) is 0 Å². The van der Waals surface area contributed by atoms with Crippen molar-refractivity contribution < 1.29 is 4.74 Å². The summed E-state index contributed by atoms with van der Waals surface area (Å²) in [5.41, 5.74) is 1.47. The minimum atomic E-state index is 0.870. The molecular formula is C12H21NO. The molecular weight excluding hydrogens is 174 g/mol. The normalized spacial score (nSPS) is 30.6. The van der Waals surface area contributed by atoms with Gasteiger partial charge in [0.2, 0.25) is 0 Å². The molecule has 0 spiro atoms. The van der Waals surface area contributed by atoms with Crippen LogP contribution in [0.1, 0.15) is 25.7 Å². The van der Waals surface area contributed by atoms with Crippen molar-refractivity contribution in [3.05, 3.63) is 12.2 Å². The fraction of sp³-hybridized carbons (Fsp3) is 0.833. The summed E-state index contributed by atoms with van der Waals surface area (Å²) >= 11 is 0. The molecule has 2 heteroatoms. The second-order valence-corrected chi connectivity index (χ2v) is 4.63. The highest BCUT2D eigenvalue weighted by atomic mass is 16.5. The van der Waals surface area contributed by atoms with E-state index in [0.717, 1.165) is 32.2 Å². The van der Waals surface area contributed by atoms with Crippen LogP contribution in [-0.2, 0) is 4.74 Å². The third-order valence-corrected chi connectivity index (χ3v) is 3.34. The van der Waals surface area contributed by atoms with Gasteiger partial charge in [0, 0.05) is 19.6 Å². The van der Waals surface area contributed by atoms with Crippen molar-refractivity contribution in [2.24, 2.45) is 5.92 Å². The highest BCUT2D eigenvalue weighted by Crippen LogP contribution is 2.27. The van der Waals surface area contributed by atoms with Crippen molar-refractivity contribution in [1.82, 2.24) is 4.90 Å². The highest BCUT2D eigenvalue weighted by Gasteiger charge is 2.20. The van der Waals surface area contributed by atoms with Crippen LogP contribution in [0.4, 0.5) is 0 Å². The van der Waals surface area contributed by atoms with Crippen LogP contribution in [0.15, 0.2) is 12.2 Å². The van der Waals surface area contributed by atoms with E-state index in [0.29, 0.717) is 0 Å². The second kappa shape index (κ2) is 4.94. The van der Waals surface area contributed by atoms with Crippen LogP contribution < -0.4 is 0 Å². The monoisotopic (exact) mass is 195 g/mol. The zero-order valence-electron chi connectivity index (χ0n) is 9.00. The van der Waals surface area contributed by atoms with Crippen molar-refractivity contribution in [3.8, 4) is 0 Å². The molecule has 0 radical (unpaired) electrons. The third kappa shape index (κ3) is 2.82. The minimum Gasteiger partial charge on any atom is -0.379 e. The summed E-state index contributed by atoms with van der Waals surface area (Å²) < 4.78 is 5.35. The topological polar surface area (TPSA) is 12.5 Å². The number of morpholine rings is 1. The lowest BCUT2D eigenvalue weighted by Crippen LogP contribution is -2.39. The summed E-state index contributed by atoms with van der Waals surface area (Å²) in [5.74, 6) is 0.870. The van der Waals surface area contributed by atoms with E-state index in [1.807, 2.05) is 0 Å². The van der Waals surface area contributed by atoms with Crippen LogP contribution >= 0.6 is 0 Å². The lowest BCUT2D eigenvalue weighted by atomic mass is 9.86. The van der Waals surface area contributed by atoms with E-state index in [1.165, 1.54) is 37.8 Å². The Kier molecular flexibility index (Phi) is 3.60. The molecule has 2 rings (SSSR count). The van der Waals surface area contributed by atoms with Crippen molar-refractivity contribution >= 4 is 0 Å². The molecule has 1 saturated heterocycles. The van der Waals surface area contributed by atoms with Gasteiger partial charge in [0.05, 0.1) is 13.2 Å². The summed E-state index contributed by atoms with van der Waals surface area (Å²) in [6, 6.07) is 0. The van der Waals surface area contributed by atoms with Gasteiger partial charge in [0.25, 0.3) is 0 Å². The van der Waals surface area contributed by atoms with Crippen molar-refractivity contribution in [1.29, 1.82) is 0 Å². The first kappa shape index (κ1) is 10.2. The molecule has 0 aromatic rings. The fourth-order valence-corrected chi connectivity index (χ4v) is 2.56. The molecule has 0 bridgehead atoms. The van der Waals surface area contributed by atoms with Crippen LogP contribution in [0, 0.1) is 5.92 Å². The number of hydrogen-bond donors (Lipinski definition) is 0. The van der Waals surface area contributed by atoms with Crippen LogP contribution in [0.2, 0.25) is 0 Å². The highest BCUT2D eigenvalue weighted by molar-refractivity contribution is 4.99. The van der Waals surface area contributed by atoms with E-state index in [1.54, 1.807) is 0 Å². The first-order valence-electron chi connectivity index (χ1n) is 5.81. The quantitative estimate of drug-likeness (QED) is 0.625. The van der Waals surface area contributed by atoms with Crippen LogP contribution in [0.3, 0.4) is 0 Å². The molecule has 80 valence electrons. The lowest BCUT2D eigenvalue weighted by molar-refractivity contribution is 0.0292. The largest absolute Gasteiger partial charge is 0.379 e. The van der Waals surface area contributed by atoms with Gasteiger partial charge in [-0.1, -0.05) is 12.2 Å². The Morgan fingerprint density at radius 3 is 2.86 bits per heavy atom. The SMILES string of the molecule is C=C1CCCC(CN2CCOCC2)C1. The first-order valence-corrected chi connectivity index (χ1v) is 5.81. The first-order chi connectivity index (χ1) is 6.84. The van der Waals surface area contributed by atoms with Crippen LogP contribution in [0.25, 0.3) is 0 Å². The molecule has 0 aromatic carbocycles. The van der Waals surface area contributed by atoms with E-state index < -0.39 is 0 Å². The minimum absolute atomic E-state index is 0.870. The molecule has 2 nitrogen and oxygen atoms in total. The van der Waals surface area contributed by atoms with E-state index >= 15 is 0 Å². The lowest BCUT2D eigenvalue weighted by Gasteiger charge is -2.32. The summed E-state index contributed by atoms with van der Waals surface area (Å²) in [7, 11) is 0. The zero-order valence-corrected chi connectivity index (χ0v) is 9.00. The molecule has 1 heterocycles. The summed E-state index contributed by atoms with van der Waals surface area (Å²) in [5, 5.41) is 0. The second-order valence-electron chi connectivity index (χ2n) is 4.63. The van der Waals surface area contributed by atoms with Crippen molar-refractivity contribution in [2.75, 3.05) is 32.8 Å². The molecule has 1 saturated carbocycles. The van der Waals surface area contributed by atoms with E-state index in [-0.39, 0.29) is 0 Å². The Balaban J connectivity index is 1.75. The van der Waals surface area contributed by atoms with Crippen molar-refractivity contribution in [3.63, 3.8) is 0 Å². The maximum atomic E-state index is 5.35. The van der Waals surface area contributed by atoms with E-state index in [2.05, 4.69) is 11.5 Å². The van der Waals surface area contributed by atoms with Gasteiger partial charge in [0.1, 0.15) is 0 Å². The van der Waals surface area contributed by atoms with Crippen LogP contribution in [-0.4, -0.2) is 37.7 Å². The number of rotatable bonds is 2. The van der Waals surface area contributed by atoms with E-state index in [9.17, 15) is 0 Å². The molecule has 14 heavy (non-hydrogen) atoms. The van der Waals surface area contributed by atoms with E-state index in [4.69, 9.17) is 4.74 Å². The average molecular weight is 195 g/mol. The Bertz CT molecular complexity index is 196. The molecule has 2 aliphatic rings. The standard InChI is InChI=1S/C12H21NO/c1-11-3-2-4-12(9-11)10-13-5-7-14-8-6-13/h12H,1-10H2. The average Bonchev–Trinajstić information content (AvgIpc) is 2.19. The van der Waals surface area contributed by atoms with Gasteiger partial charge in [-0.15, -0.1) is 0 Å². The summed E-state index contributed by atoms with van der Waals surface area (Å²) in [4.78, 5) is 2.55. The summed E-state index contributed by atoms with van der Waals surface area (Å²) in [6.07, 6.45) is 5.28. The van der Waals surface area contributed by atoms with Crippen molar-refractivity contribution in [2.45, 2.75) is 25.7 Å². The summed E-state index contributed by atoms with van der Waals surface area (Å²) in [6.45, 7) is 9.48. The maximum Gasteiger partial charge on any atom is 0.0594 e. The molecule has 0 N–H and O–H groups in total. The third-order valence-electron chi connectivity index (χ3n) is 3.34. The fourth-order valence-electron chi connectivity index (χ4n) is 2.56. The smallest absolute Gasteiger partial charge is 0.0594 e. The van der Waals surface area contributed by atoms with Gasteiger partial charge >= 0.3 is 0 Å². The van der Waals surface area contributed by atoms with Gasteiger partial charge in [-0.2, -0.15) is 0 Å². The molecule has 1 unspecified atom stereocenters. The predicted molar refractivity (Wildman–Crippen MR) is 58.4 cm³/mol. The Hall–Kier alpha value is -0.340. The molecule has 0 aromatic heterocycles. The van der Waals surface area contributed by atoms with Gasteiger partial charge < -0.3 is 4.74 Å². The maximum absolute atomic E-state index is 5.35. The van der Waals surface area contributed by atoms with Gasteiger partial charge in [-0.3, -0.25) is 4.90 Å². The number of nitrogens with zero attached hydrogens (tertiary/aromatic N) is 1. The molecule has 1 atom stereocenters. The Morgan fingerprint density at radius 1 is 1.36 bits per heavy atom. The number of ether oxygens (including phenoxy) is 1. The number of allylic oxidation sites excluding steroid dienone is 1. The predicted octanol–water partition coefficient (Wildman–Crippen LogP) is 2.06. The Morgan fingerprint density at radius 2 is 2.14 bits per heavy atom. The zero-order chi connectivity index (χ0) is 9.80. The molecule has 1 aliphatic carbocycles. The van der Waals surface area contributed by atoms with Gasteiger partial charge in [-0.05, 0) is 31.6 Å². The Labute approximate surface area is 86.9 Å². The van der Waals surface area contributed by atoms with Gasteiger partial charge in [-0.25, -0.2) is 0 Å². The van der Waals surface area contributed by atoms with Gasteiger partial charge in [0.15, 0.2) is 0 Å². The molecule has 1 aliphatic heterocycles. The molecule has 2 fully saturated rings.